The van der Waals surface area contributed by atoms with E-state index in [0.29, 0.717) is 0 Å². The average molecular weight is 382 g/mol. The van der Waals surface area contributed by atoms with Gasteiger partial charge in [-0.2, -0.15) is 13.5 Å². The van der Waals surface area contributed by atoms with Crippen molar-refractivity contribution in [2.75, 3.05) is 0 Å². The minimum Gasteiger partial charge on any atom is -0.318 e. The van der Waals surface area contributed by atoms with Crippen molar-refractivity contribution < 1.29 is 8.42 Å². The first-order chi connectivity index (χ1) is 12.8. The van der Waals surface area contributed by atoms with Gasteiger partial charge in [0.05, 0.1) is 11.1 Å². The van der Waals surface area contributed by atoms with E-state index in [4.69, 9.17) is 0 Å². The third-order valence-corrected chi connectivity index (χ3v) is 5.71. The van der Waals surface area contributed by atoms with E-state index in [0.717, 1.165) is 28.2 Å². The number of hydrogen-bond acceptors (Lipinski definition) is 3. The van der Waals surface area contributed by atoms with Crippen LogP contribution in [0.3, 0.4) is 0 Å². The van der Waals surface area contributed by atoms with E-state index in [-0.39, 0.29) is 4.90 Å². The smallest absolute Gasteiger partial charge is 0.276 e. The molecule has 0 saturated heterocycles. The van der Waals surface area contributed by atoms with Gasteiger partial charge in [0.1, 0.15) is 0 Å². The van der Waals surface area contributed by atoms with Crippen LogP contribution in [-0.4, -0.2) is 19.2 Å². The summed E-state index contributed by atoms with van der Waals surface area (Å²) in [5.74, 6) is 0. The second kappa shape index (κ2) is 7.40. The fourth-order valence-electron chi connectivity index (χ4n) is 2.94. The molecule has 0 aliphatic carbocycles. The molecule has 0 fully saturated rings. The third-order valence-electron chi connectivity index (χ3n) is 4.47. The Kier molecular flexibility index (Phi) is 5.19. The fraction of sp³-hybridized carbons (Fsp3) is 0.190. The fourth-order valence-corrected chi connectivity index (χ4v) is 3.74. The summed E-state index contributed by atoms with van der Waals surface area (Å²) >= 11 is 0. The second-order valence-electron chi connectivity index (χ2n) is 6.66. The highest BCUT2D eigenvalue weighted by molar-refractivity contribution is 7.89. The van der Waals surface area contributed by atoms with E-state index < -0.39 is 10.0 Å². The topological polar surface area (TPSA) is 63.5 Å². The van der Waals surface area contributed by atoms with Crippen LogP contribution >= 0.6 is 0 Å². The summed E-state index contributed by atoms with van der Waals surface area (Å²) in [6.07, 6.45) is 1.54. The van der Waals surface area contributed by atoms with Gasteiger partial charge in [0.2, 0.25) is 0 Å². The maximum Gasteiger partial charge on any atom is 0.276 e. The maximum atomic E-state index is 12.3. The molecule has 0 saturated carbocycles. The number of nitrogens with one attached hydrogen (secondary N) is 1. The molecule has 1 heterocycles. The molecule has 6 heteroatoms. The monoisotopic (exact) mass is 381 g/mol. The van der Waals surface area contributed by atoms with Gasteiger partial charge < -0.3 is 4.57 Å². The molecule has 3 aromatic rings. The number of aromatic nitrogens is 1. The van der Waals surface area contributed by atoms with Crippen LogP contribution in [0.15, 0.2) is 64.6 Å². The zero-order valence-corrected chi connectivity index (χ0v) is 16.7. The van der Waals surface area contributed by atoms with Crippen molar-refractivity contribution in [3.8, 4) is 5.69 Å². The van der Waals surface area contributed by atoms with Gasteiger partial charge in [-0.05, 0) is 58.0 Å². The highest BCUT2D eigenvalue weighted by Gasteiger charge is 2.13. The molecule has 0 atom stereocenters. The first-order valence-corrected chi connectivity index (χ1v) is 10.1. The lowest BCUT2D eigenvalue weighted by Gasteiger charge is -2.09. The van der Waals surface area contributed by atoms with Crippen molar-refractivity contribution in [2.24, 2.45) is 5.10 Å². The van der Waals surface area contributed by atoms with Gasteiger partial charge in [0.15, 0.2) is 0 Å². The van der Waals surface area contributed by atoms with Crippen LogP contribution in [0.5, 0.6) is 0 Å². The van der Waals surface area contributed by atoms with Crippen molar-refractivity contribution in [3.05, 3.63) is 82.7 Å². The molecule has 5 nitrogen and oxygen atoms in total. The Hall–Kier alpha value is -2.86. The van der Waals surface area contributed by atoms with E-state index >= 15 is 0 Å². The quantitative estimate of drug-likeness (QED) is 0.536. The van der Waals surface area contributed by atoms with E-state index in [9.17, 15) is 8.42 Å². The summed E-state index contributed by atoms with van der Waals surface area (Å²) in [5, 5.41) is 3.96. The van der Waals surface area contributed by atoms with E-state index in [1.807, 2.05) is 26.8 Å². The molecule has 1 N–H and O–H groups in total. The number of sulfonamides is 1. The molecule has 1 aromatic heterocycles. The lowest BCUT2D eigenvalue weighted by atomic mass is 10.2. The van der Waals surface area contributed by atoms with Gasteiger partial charge >= 0.3 is 0 Å². The van der Waals surface area contributed by atoms with Crippen LogP contribution in [0, 0.1) is 27.7 Å². The molecule has 0 aliphatic heterocycles. The molecule has 0 radical (unpaired) electrons. The SMILES string of the molecule is Cc1ccc(-n2c(C)cc(/C=N\NS(=O)(=O)c3ccc(C)cc3)c2C)cc1. The van der Waals surface area contributed by atoms with Gasteiger partial charge in [0.25, 0.3) is 10.0 Å². The summed E-state index contributed by atoms with van der Waals surface area (Å²) in [4.78, 5) is 2.47. The maximum absolute atomic E-state index is 12.3. The van der Waals surface area contributed by atoms with Crippen molar-refractivity contribution in [1.29, 1.82) is 0 Å². The molecule has 0 spiro atoms. The summed E-state index contributed by atoms with van der Waals surface area (Å²) in [6, 6.07) is 16.9. The second-order valence-corrected chi connectivity index (χ2v) is 8.32. The lowest BCUT2D eigenvalue weighted by molar-refractivity contribution is 0.584. The third kappa shape index (κ3) is 4.11. The Labute approximate surface area is 160 Å². The molecule has 27 heavy (non-hydrogen) atoms. The Bertz CT molecular complexity index is 1080. The standard InChI is InChI=1S/C21H23N3O2S/c1-15-5-9-20(10-6-15)24-17(3)13-19(18(24)4)14-22-23-27(25,26)21-11-7-16(2)8-12-21/h5-14,23H,1-4H3/b22-14-. The van der Waals surface area contributed by atoms with E-state index in [1.165, 1.54) is 5.56 Å². The summed E-state index contributed by atoms with van der Waals surface area (Å²) in [6.45, 7) is 7.96. The van der Waals surface area contributed by atoms with Crippen LogP contribution in [-0.2, 0) is 10.0 Å². The highest BCUT2D eigenvalue weighted by Crippen LogP contribution is 2.20. The summed E-state index contributed by atoms with van der Waals surface area (Å²) < 4.78 is 26.7. The molecular weight excluding hydrogens is 358 g/mol. The van der Waals surface area contributed by atoms with Gasteiger partial charge in [-0.25, -0.2) is 4.83 Å². The molecule has 0 aliphatic rings. The molecule has 0 unspecified atom stereocenters. The van der Waals surface area contributed by atoms with Crippen LogP contribution in [0.2, 0.25) is 0 Å². The van der Waals surface area contributed by atoms with E-state index in [2.05, 4.69) is 45.7 Å². The number of hydrogen-bond donors (Lipinski definition) is 1. The van der Waals surface area contributed by atoms with Crippen molar-refractivity contribution in [3.63, 3.8) is 0 Å². The van der Waals surface area contributed by atoms with Gasteiger partial charge in [0, 0.05) is 22.6 Å². The van der Waals surface area contributed by atoms with Gasteiger partial charge in [-0.15, -0.1) is 0 Å². The van der Waals surface area contributed by atoms with Crippen LogP contribution in [0.4, 0.5) is 0 Å². The summed E-state index contributed by atoms with van der Waals surface area (Å²) in [7, 11) is -3.68. The molecule has 0 bridgehead atoms. The Morgan fingerprint density at radius 2 is 1.44 bits per heavy atom. The van der Waals surface area contributed by atoms with Crippen molar-refractivity contribution in [2.45, 2.75) is 32.6 Å². The predicted octanol–water partition coefficient (Wildman–Crippen LogP) is 4.02. The first kappa shape index (κ1) is 18.9. The molecule has 140 valence electrons. The number of aryl methyl sites for hydroxylation is 3. The number of nitrogens with zero attached hydrogens (tertiary/aromatic N) is 2. The average Bonchev–Trinajstić information content (AvgIpc) is 2.90. The zero-order valence-electron chi connectivity index (χ0n) is 15.9. The minimum absolute atomic E-state index is 0.190. The number of rotatable bonds is 5. The number of hydrazone groups is 1. The normalized spacial score (nSPS) is 11.9. The van der Waals surface area contributed by atoms with Crippen LogP contribution in [0.1, 0.15) is 28.1 Å². The lowest BCUT2D eigenvalue weighted by Crippen LogP contribution is -2.18. The van der Waals surface area contributed by atoms with Gasteiger partial charge in [-0.1, -0.05) is 35.4 Å². The Morgan fingerprint density at radius 1 is 0.889 bits per heavy atom. The molecule has 3 rings (SSSR count). The zero-order chi connectivity index (χ0) is 19.6. The Balaban J connectivity index is 1.83. The highest BCUT2D eigenvalue weighted by atomic mass is 32.2. The van der Waals surface area contributed by atoms with Crippen LogP contribution < -0.4 is 4.83 Å². The minimum atomic E-state index is -3.68. The molecular formula is C21H23N3O2S. The Morgan fingerprint density at radius 3 is 2.04 bits per heavy atom. The first-order valence-electron chi connectivity index (χ1n) is 8.65. The molecule has 2 aromatic carbocycles. The largest absolute Gasteiger partial charge is 0.318 e. The molecule has 0 amide bonds. The van der Waals surface area contributed by atoms with Crippen LogP contribution in [0.25, 0.3) is 5.69 Å². The van der Waals surface area contributed by atoms with Gasteiger partial charge in [-0.3, -0.25) is 0 Å². The predicted molar refractivity (Wildman–Crippen MR) is 109 cm³/mol. The number of benzene rings is 2. The van der Waals surface area contributed by atoms with E-state index in [1.54, 1.807) is 30.5 Å². The summed E-state index contributed by atoms with van der Waals surface area (Å²) in [5.41, 5.74) is 6.18. The van der Waals surface area contributed by atoms with Crippen molar-refractivity contribution >= 4 is 16.2 Å². The van der Waals surface area contributed by atoms with Crippen molar-refractivity contribution in [1.82, 2.24) is 9.40 Å².